The Hall–Kier alpha value is -3.33. The Labute approximate surface area is 206 Å². The van der Waals surface area contributed by atoms with Gasteiger partial charge in [-0.25, -0.2) is 9.97 Å². The van der Waals surface area contributed by atoms with Crippen LogP contribution in [0.4, 0.5) is 11.6 Å². The number of pyridine rings is 2. The Morgan fingerprint density at radius 2 is 1.91 bits per heavy atom. The highest BCUT2D eigenvalue weighted by Crippen LogP contribution is 2.41. The van der Waals surface area contributed by atoms with E-state index >= 15 is 0 Å². The lowest BCUT2D eigenvalue weighted by Gasteiger charge is -2.26. The van der Waals surface area contributed by atoms with Crippen LogP contribution >= 0.6 is 0 Å². The smallest absolute Gasteiger partial charge is 0.215 e. The van der Waals surface area contributed by atoms with E-state index in [9.17, 15) is 4.79 Å². The van der Waals surface area contributed by atoms with Gasteiger partial charge >= 0.3 is 0 Å². The van der Waals surface area contributed by atoms with E-state index < -0.39 is 0 Å². The summed E-state index contributed by atoms with van der Waals surface area (Å²) < 4.78 is 1.97. The van der Waals surface area contributed by atoms with E-state index in [0.29, 0.717) is 42.5 Å². The first-order chi connectivity index (χ1) is 17.0. The zero-order valence-corrected chi connectivity index (χ0v) is 21.0. The minimum Gasteiger partial charge on any atom is -0.351 e. The molecule has 0 aliphatic carbocycles. The molecular weight excluding hydrogens is 440 g/mol. The van der Waals surface area contributed by atoms with Crippen molar-refractivity contribution in [1.82, 2.24) is 30.0 Å². The average molecular weight is 475 g/mol. The first kappa shape index (κ1) is 23.4. The summed E-state index contributed by atoms with van der Waals surface area (Å²) in [6, 6.07) is 9.29. The standard InChI is InChI=1S/C26H34N8O/c1-17(2)33-15-28-31-26(33)22-6-5-7-24(29-22)32(16-35)14-21-18(3)12-25(30-23(21)13-27-4)34-19-8-9-20(34)11-10-19/h5-7,12,15-17,19-20,27H,8-11,13-14H2,1-4H3/t19-,20+. The van der Waals surface area contributed by atoms with Gasteiger partial charge in [0, 0.05) is 24.7 Å². The molecule has 1 amide bonds. The van der Waals surface area contributed by atoms with E-state index in [1.165, 1.54) is 25.7 Å². The molecule has 3 aromatic rings. The molecule has 2 fully saturated rings. The Morgan fingerprint density at radius 3 is 2.57 bits per heavy atom. The summed E-state index contributed by atoms with van der Waals surface area (Å²) in [5, 5.41) is 11.6. The monoisotopic (exact) mass is 474 g/mol. The SMILES string of the molecule is CNCc1nc(N2[C@H]3CC[C@@H]2CC3)cc(C)c1CN(C=O)c1cccc(-c2nncn2C(C)C)n1. The molecule has 9 nitrogen and oxygen atoms in total. The molecule has 5 heterocycles. The average Bonchev–Trinajstić information content (AvgIpc) is 3.60. The van der Waals surface area contributed by atoms with Gasteiger partial charge in [-0.2, -0.15) is 0 Å². The van der Waals surface area contributed by atoms with Gasteiger partial charge in [-0.05, 0) is 82.8 Å². The molecule has 0 spiro atoms. The third kappa shape index (κ3) is 4.40. The zero-order valence-electron chi connectivity index (χ0n) is 21.0. The van der Waals surface area contributed by atoms with E-state index in [2.05, 4.69) is 47.3 Å². The maximum Gasteiger partial charge on any atom is 0.215 e. The summed E-state index contributed by atoms with van der Waals surface area (Å²) in [5.74, 6) is 2.34. The maximum absolute atomic E-state index is 12.2. The number of aryl methyl sites for hydroxylation is 1. The zero-order chi connectivity index (χ0) is 24.5. The normalized spacial score (nSPS) is 19.1. The minimum atomic E-state index is 0.204. The molecule has 0 aromatic carbocycles. The molecule has 9 heteroatoms. The van der Waals surface area contributed by atoms with E-state index in [1.54, 1.807) is 11.2 Å². The van der Waals surface area contributed by atoms with Crippen LogP contribution in [0, 0.1) is 6.92 Å². The maximum atomic E-state index is 12.2. The van der Waals surface area contributed by atoms with E-state index in [1.807, 2.05) is 29.8 Å². The summed E-state index contributed by atoms with van der Waals surface area (Å²) in [7, 11) is 1.93. The molecule has 2 aliphatic heterocycles. The van der Waals surface area contributed by atoms with E-state index in [0.717, 1.165) is 29.0 Å². The Kier molecular flexibility index (Phi) is 6.51. The highest BCUT2D eigenvalue weighted by atomic mass is 16.1. The largest absolute Gasteiger partial charge is 0.351 e. The van der Waals surface area contributed by atoms with Crippen molar-refractivity contribution in [1.29, 1.82) is 0 Å². The first-order valence-corrected chi connectivity index (χ1v) is 12.5. The lowest BCUT2D eigenvalue weighted by atomic mass is 10.0. The van der Waals surface area contributed by atoms with Crippen molar-refractivity contribution in [2.45, 2.75) is 77.7 Å². The second-order valence-corrected chi connectivity index (χ2v) is 9.89. The van der Waals surface area contributed by atoms with Gasteiger partial charge in [-0.15, -0.1) is 10.2 Å². The summed E-state index contributed by atoms with van der Waals surface area (Å²) in [5.41, 5.74) is 3.87. The molecule has 184 valence electrons. The van der Waals surface area contributed by atoms with E-state index in [-0.39, 0.29) is 6.04 Å². The van der Waals surface area contributed by atoms with Gasteiger partial charge in [0.05, 0.1) is 12.2 Å². The number of anilines is 2. The summed E-state index contributed by atoms with van der Waals surface area (Å²) in [6.07, 6.45) is 7.61. The molecule has 35 heavy (non-hydrogen) atoms. The Balaban J connectivity index is 1.46. The number of carbonyl (C=O) groups excluding carboxylic acids is 1. The third-order valence-corrected chi connectivity index (χ3v) is 7.32. The molecule has 2 bridgehead atoms. The Morgan fingerprint density at radius 1 is 1.17 bits per heavy atom. The number of hydrogen-bond donors (Lipinski definition) is 1. The molecule has 2 saturated heterocycles. The number of nitrogens with zero attached hydrogens (tertiary/aromatic N) is 7. The van der Waals surface area contributed by atoms with Crippen LogP contribution in [0.2, 0.25) is 0 Å². The molecule has 5 rings (SSSR count). The van der Waals surface area contributed by atoms with Gasteiger partial charge in [0.1, 0.15) is 23.7 Å². The lowest BCUT2D eigenvalue weighted by Crippen LogP contribution is -2.30. The molecule has 3 aromatic heterocycles. The molecule has 0 radical (unpaired) electrons. The number of hydrogen-bond acceptors (Lipinski definition) is 7. The van der Waals surface area contributed by atoms with Crippen molar-refractivity contribution >= 4 is 18.0 Å². The van der Waals surface area contributed by atoms with Crippen LogP contribution < -0.4 is 15.1 Å². The molecule has 1 N–H and O–H groups in total. The van der Waals surface area contributed by atoms with Crippen molar-refractivity contribution in [3.63, 3.8) is 0 Å². The van der Waals surface area contributed by atoms with Gasteiger partial charge in [0.15, 0.2) is 5.82 Å². The topological polar surface area (TPSA) is 92.1 Å². The highest BCUT2D eigenvalue weighted by molar-refractivity contribution is 5.74. The van der Waals surface area contributed by atoms with Gasteiger partial charge in [-0.1, -0.05) is 6.07 Å². The van der Waals surface area contributed by atoms with Gasteiger partial charge < -0.3 is 14.8 Å². The molecule has 0 saturated carbocycles. The van der Waals surface area contributed by atoms with Crippen molar-refractivity contribution < 1.29 is 4.79 Å². The number of fused-ring (bicyclic) bond motifs is 2. The summed E-state index contributed by atoms with van der Waals surface area (Å²) in [6.45, 7) is 7.32. The molecule has 0 unspecified atom stereocenters. The molecule has 2 aliphatic rings. The van der Waals surface area contributed by atoms with Crippen molar-refractivity contribution in [3.8, 4) is 11.5 Å². The summed E-state index contributed by atoms with van der Waals surface area (Å²) in [4.78, 5) is 26.3. The minimum absolute atomic E-state index is 0.204. The van der Waals surface area contributed by atoms with Crippen molar-refractivity contribution in [2.75, 3.05) is 16.8 Å². The number of amides is 1. The predicted octanol–water partition coefficient (Wildman–Crippen LogP) is 3.64. The van der Waals surface area contributed by atoms with Crippen LogP contribution in [0.5, 0.6) is 0 Å². The predicted molar refractivity (Wildman–Crippen MR) is 136 cm³/mol. The van der Waals surface area contributed by atoms with Crippen molar-refractivity contribution in [2.24, 2.45) is 0 Å². The van der Waals surface area contributed by atoms with Crippen molar-refractivity contribution in [3.05, 3.63) is 47.4 Å². The fourth-order valence-electron chi connectivity index (χ4n) is 5.55. The van der Waals surface area contributed by atoms with Crippen LogP contribution in [-0.2, 0) is 17.9 Å². The third-order valence-electron chi connectivity index (χ3n) is 7.32. The number of nitrogens with one attached hydrogen (secondary N) is 1. The fraction of sp³-hybridized carbons (Fsp3) is 0.500. The quantitative estimate of drug-likeness (QED) is 0.473. The Bertz CT molecular complexity index is 1190. The number of aromatic nitrogens is 5. The second kappa shape index (κ2) is 9.73. The van der Waals surface area contributed by atoms with Crippen LogP contribution in [0.25, 0.3) is 11.5 Å². The van der Waals surface area contributed by atoms with Crippen LogP contribution in [0.3, 0.4) is 0 Å². The highest BCUT2D eigenvalue weighted by Gasteiger charge is 2.40. The van der Waals surface area contributed by atoms with Gasteiger partial charge in [0.25, 0.3) is 0 Å². The van der Waals surface area contributed by atoms with Gasteiger partial charge in [0.2, 0.25) is 6.41 Å². The van der Waals surface area contributed by atoms with Gasteiger partial charge in [-0.3, -0.25) is 9.69 Å². The van der Waals surface area contributed by atoms with E-state index in [4.69, 9.17) is 9.97 Å². The number of carbonyl (C=O) groups is 1. The molecule has 0 atom stereocenters. The van der Waals surface area contributed by atoms with Crippen LogP contribution in [0.1, 0.15) is 62.4 Å². The second-order valence-electron chi connectivity index (χ2n) is 9.89. The first-order valence-electron chi connectivity index (χ1n) is 12.5. The molecular formula is C26H34N8O. The lowest BCUT2D eigenvalue weighted by molar-refractivity contribution is -0.107. The fourth-order valence-corrected chi connectivity index (χ4v) is 5.55. The summed E-state index contributed by atoms with van der Waals surface area (Å²) >= 11 is 0. The van der Waals surface area contributed by atoms with Crippen LogP contribution in [0.15, 0.2) is 30.6 Å². The van der Waals surface area contributed by atoms with Crippen LogP contribution in [-0.4, -0.2) is 50.3 Å². The number of rotatable bonds is 9.